The van der Waals surface area contributed by atoms with E-state index in [1.807, 2.05) is 30.3 Å². The summed E-state index contributed by atoms with van der Waals surface area (Å²) in [5, 5.41) is 8.05. The fourth-order valence-electron chi connectivity index (χ4n) is 2.22. The minimum Gasteiger partial charge on any atom is -0.331 e. The summed E-state index contributed by atoms with van der Waals surface area (Å²) in [5.74, 6) is 0.477. The Labute approximate surface area is 131 Å². The Hall–Kier alpha value is -1.94. The van der Waals surface area contributed by atoms with Gasteiger partial charge in [-0.3, -0.25) is 5.43 Å². The Morgan fingerprint density at radius 2 is 2.05 bits per heavy atom. The molecule has 1 aliphatic rings. The van der Waals surface area contributed by atoms with Gasteiger partial charge < -0.3 is 5.32 Å². The monoisotopic (exact) mass is 299 g/mol. The first-order chi connectivity index (χ1) is 10.1. The SMILES string of the molecule is C=C(C)[C@H]1CC=C(C)C(=NNC(=S)Nc2ccccc2)C1. The summed E-state index contributed by atoms with van der Waals surface area (Å²) in [6.45, 7) is 8.21. The number of hydrazone groups is 1. The molecule has 0 unspecified atom stereocenters. The number of hydrogen-bond acceptors (Lipinski definition) is 2. The molecule has 0 heterocycles. The number of nitrogens with one attached hydrogen (secondary N) is 2. The van der Waals surface area contributed by atoms with E-state index in [4.69, 9.17) is 12.2 Å². The molecule has 0 saturated carbocycles. The molecule has 0 fully saturated rings. The van der Waals surface area contributed by atoms with E-state index in [9.17, 15) is 0 Å². The fraction of sp³-hybridized carbons (Fsp3) is 0.294. The van der Waals surface area contributed by atoms with Crippen molar-refractivity contribution in [3.05, 3.63) is 54.1 Å². The Morgan fingerprint density at radius 1 is 1.33 bits per heavy atom. The number of nitrogens with zero attached hydrogens (tertiary/aromatic N) is 1. The standard InChI is InChI=1S/C17H21N3S/c1-12(2)14-10-9-13(3)16(11-14)19-20-17(21)18-15-7-5-4-6-8-15/h4-9,14H,1,10-11H2,2-3H3,(H2,18,20,21)/t14-/m0/s1. The molecule has 21 heavy (non-hydrogen) atoms. The largest absolute Gasteiger partial charge is 0.331 e. The van der Waals surface area contributed by atoms with Crippen LogP contribution in [0, 0.1) is 5.92 Å². The van der Waals surface area contributed by atoms with Gasteiger partial charge in [-0.05, 0) is 62.5 Å². The highest BCUT2D eigenvalue weighted by Crippen LogP contribution is 2.26. The number of anilines is 1. The molecule has 110 valence electrons. The van der Waals surface area contributed by atoms with E-state index in [0.717, 1.165) is 24.2 Å². The molecule has 1 atom stereocenters. The maximum atomic E-state index is 5.26. The second-order valence-electron chi connectivity index (χ2n) is 5.36. The van der Waals surface area contributed by atoms with E-state index in [2.05, 4.69) is 42.3 Å². The lowest BCUT2D eigenvalue weighted by Gasteiger charge is -2.22. The summed E-state index contributed by atoms with van der Waals surface area (Å²) in [5.41, 5.74) is 7.34. The second kappa shape index (κ2) is 7.18. The van der Waals surface area contributed by atoms with Crippen molar-refractivity contribution in [2.75, 3.05) is 5.32 Å². The summed E-state index contributed by atoms with van der Waals surface area (Å²) in [7, 11) is 0. The third-order valence-electron chi connectivity index (χ3n) is 3.62. The van der Waals surface area contributed by atoms with Crippen molar-refractivity contribution in [3.63, 3.8) is 0 Å². The fourth-order valence-corrected chi connectivity index (χ4v) is 2.39. The molecule has 1 aliphatic carbocycles. The van der Waals surface area contributed by atoms with E-state index in [-0.39, 0.29) is 0 Å². The van der Waals surface area contributed by atoms with Gasteiger partial charge in [-0.15, -0.1) is 0 Å². The third kappa shape index (κ3) is 4.53. The van der Waals surface area contributed by atoms with Gasteiger partial charge in [-0.1, -0.05) is 36.4 Å². The lowest BCUT2D eigenvalue weighted by Crippen LogP contribution is -2.26. The van der Waals surface area contributed by atoms with E-state index < -0.39 is 0 Å². The zero-order valence-electron chi connectivity index (χ0n) is 12.5. The Kier molecular flexibility index (Phi) is 5.28. The smallest absolute Gasteiger partial charge is 0.191 e. The normalized spacial score (nSPS) is 19.8. The summed E-state index contributed by atoms with van der Waals surface area (Å²) in [4.78, 5) is 0. The number of thiocarbonyl (C=S) groups is 1. The average Bonchev–Trinajstić information content (AvgIpc) is 2.47. The lowest BCUT2D eigenvalue weighted by atomic mass is 9.85. The van der Waals surface area contributed by atoms with Gasteiger partial charge in [0, 0.05) is 5.69 Å². The predicted octanol–water partition coefficient (Wildman–Crippen LogP) is 4.26. The molecule has 0 bridgehead atoms. The highest BCUT2D eigenvalue weighted by Gasteiger charge is 2.18. The van der Waals surface area contributed by atoms with Crippen molar-refractivity contribution in [2.24, 2.45) is 11.0 Å². The first-order valence-corrected chi connectivity index (χ1v) is 7.48. The third-order valence-corrected chi connectivity index (χ3v) is 3.82. The van der Waals surface area contributed by atoms with Gasteiger partial charge in [-0.2, -0.15) is 5.10 Å². The number of benzene rings is 1. The average molecular weight is 299 g/mol. The molecule has 0 saturated heterocycles. The van der Waals surface area contributed by atoms with Crippen LogP contribution in [0.15, 0.2) is 59.2 Å². The Morgan fingerprint density at radius 3 is 2.71 bits per heavy atom. The van der Waals surface area contributed by atoms with Crippen LogP contribution in [0.4, 0.5) is 5.69 Å². The quantitative estimate of drug-likeness (QED) is 0.497. The van der Waals surface area contributed by atoms with Gasteiger partial charge in [0.2, 0.25) is 0 Å². The second-order valence-corrected chi connectivity index (χ2v) is 5.77. The van der Waals surface area contributed by atoms with Gasteiger partial charge in [-0.25, -0.2) is 0 Å². The molecule has 0 aliphatic heterocycles. The van der Waals surface area contributed by atoms with Crippen molar-refractivity contribution < 1.29 is 0 Å². The van der Waals surface area contributed by atoms with Crippen LogP contribution in [0.2, 0.25) is 0 Å². The molecule has 2 rings (SSSR count). The maximum absolute atomic E-state index is 5.26. The van der Waals surface area contributed by atoms with E-state index >= 15 is 0 Å². The van der Waals surface area contributed by atoms with Crippen molar-refractivity contribution in [3.8, 4) is 0 Å². The molecule has 3 nitrogen and oxygen atoms in total. The number of rotatable bonds is 3. The first kappa shape index (κ1) is 15.4. The summed E-state index contributed by atoms with van der Waals surface area (Å²) in [6, 6.07) is 9.81. The summed E-state index contributed by atoms with van der Waals surface area (Å²) in [6.07, 6.45) is 4.18. The van der Waals surface area contributed by atoms with Crippen LogP contribution in [0.5, 0.6) is 0 Å². The minimum absolute atomic E-state index is 0.477. The molecule has 0 amide bonds. The van der Waals surface area contributed by atoms with E-state index in [1.54, 1.807) is 0 Å². The van der Waals surface area contributed by atoms with Crippen molar-refractivity contribution in [1.82, 2.24) is 5.43 Å². The molecular formula is C17H21N3S. The van der Waals surface area contributed by atoms with Crippen LogP contribution < -0.4 is 10.7 Å². The molecule has 0 spiro atoms. The molecule has 1 aromatic carbocycles. The number of allylic oxidation sites excluding steroid dienone is 3. The highest BCUT2D eigenvalue weighted by atomic mass is 32.1. The van der Waals surface area contributed by atoms with Crippen molar-refractivity contribution in [2.45, 2.75) is 26.7 Å². The summed E-state index contributed by atoms with van der Waals surface area (Å²) >= 11 is 5.26. The molecule has 1 aromatic rings. The van der Waals surface area contributed by atoms with Gasteiger partial charge in [0.05, 0.1) is 5.71 Å². The van der Waals surface area contributed by atoms with Crippen LogP contribution >= 0.6 is 12.2 Å². The highest BCUT2D eigenvalue weighted by molar-refractivity contribution is 7.80. The molecule has 0 radical (unpaired) electrons. The number of hydrogen-bond donors (Lipinski definition) is 2. The van der Waals surface area contributed by atoms with Gasteiger partial charge in [0.25, 0.3) is 0 Å². The van der Waals surface area contributed by atoms with Crippen molar-refractivity contribution in [1.29, 1.82) is 0 Å². The molecule has 2 N–H and O–H groups in total. The predicted molar refractivity (Wildman–Crippen MR) is 94.5 cm³/mol. The van der Waals surface area contributed by atoms with Crippen molar-refractivity contribution >= 4 is 28.7 Å². The van der Waals surface area contributed by atoms with Crippen LogP contribution in [0.25, 0.3) is 0 Å². The topological polar surface area (TPSA) is 36.4 Å². The van der Waals surface area contributed by atoms with E-state index in [0.29, 0.717) is 11.0 Å². The van der Waals surface area contributed by atoms with Gasteiger partial charge in [0.1, 0.15) is 0 Å². The zero-order chi connectivity index (χ0) is 15.2. The first-order valence-electron chi connectivity index (χ1n) is 7.07. The molecule has 0 aromatic heterocycles. The van der Waals surface area contributed by atoms with Gasteiger partial charge in [0.15, 0.2) is 5.11 Å². The summed E-state index contributed by atoms with van der Waals surface area (Å²) < 4.78 is 0. The van der Waals surface area contributed by atoms with Crippen LogP contribution in [0.3, 0.4) is 0 Å². The molecule has 4 heteroatoms. The zero-order valence-corrected chi connectivity index (χ0v) is 13.3. The molecular weight excluding hydrogens is 278 g/mol. The van der Waals surface area contributed by atoms with Crippen LogP contribution in [0.1, 0.15) is 26.7 Å². The van der Waals surface area contributed by atoms with Crippen LogP contribution in [-0.2, 0) is 0 Å². The lowest BCUT2D eigenvalue weighted by molar-refractivity contribution is 0.637. The Bertz CT molecular complexity index is 587. The Balaban J connectivity index is 1.96. The number of para-hydroxylation sites is 1. The maximum Gasteiger partial charge on any atom is 0.191 e. The van der Waals surface area contributed by atoms with E-state index in [1.165, 1.54) is 11.1 Å². The van der Waals surface area contributed by atoms with Crippen LogP contribution in [-0.4, -0.2) is 10.8 Å². The van der Waals surface area contributed by atoms with Gasteiger partial charge >= 0.3 is 0 Å². The minimum atomic E-state index is 0.477.